The summed E-state index contributed by atoms with van der Waals surface area (Å²) < 4.78 is 5.16. The highest BCUT2D eigenvalue weighted by Gasteiger charge is 2.27. The number of nitrogens with one attached hydrogen (secondary N) is 2. The fourth-order valence-electron chi connectivity index (χ4n) is 3.51. The van der Waals surface area contributed by atoms with Crippen molar-refractivity contribution in [2.75, 3.05) is 18.9 Å². The molecule has 1 aliphatic rings. The zero-order chi connectivity index (χ0) is 19.7. The lowest BCUT2D eigenvalue weighted by Gasteiger charge is -2.33. The number of nitrogens with zero attached hydrogens (tertiary/aromatic N) is 2. The standard InChI is InChI=1S/C20H18Cl2N4O2/c1-26-10-17(16-6-13(21)7-19(22)18(16)11-26)12-3-2-4-14(5-12)25-20(27)28-15-8-23-24-9-15/h2-9,17H,10-11H2,1H3,(H,23,24)(H,25,27). The number of halogens is 2. The molecule has 1 unspecified atom stereocenters. The van der Waals surface area contributed by atoms with E-state index in [-0.39, 0.29) is 5.92 Å². The fraction of sp³-hybridized carbons (Fsp3) is 0.200. The molecule has 0 radical (unpaired) electrons. The van der Waals surface area contributed by atoms with Crippen LogP contribution in [0.5, 0.6) is 5.75 Å². The number of ether oxygens (including phenoxy) is 1. The van der Waals surface area contributed by atoms with Gasteiger partial charge in [0.05, 0.1) is 12.4 Å². The SMILES string of the molecule is CN1Cc2c(Cl)cc(Cl)cc2C(c2cccc(NC(=O)Oc3cn[nH]c3)c2)C1. The highest BCUT2D eigenvalue weighted by Crippen LogP contribution is 2.38. The third kappa shape index (κ3) is 3.99. The number of hydrogen-bond donors (Lipinski definition) is 2. The quantitative estimate of drug-likeness (QED) is 0.636. The molecule has 2 N–H and O–H groups in total. The number of aromatic nitrogens is 2. The Morgan fingerprint density at radius 3 is 2.96 bits per heavy atom. The van der Waals surface area contributed by atoms with E-state index < -0.39 is 6.09 Å². The van der Waals surface area contributed by atoms with E-state index in [4.69, 9.17) is 27.9 Å². The lowest BCUT2D eigenvalue weighted by Crippen LogP contribution is -2.31. The number of benzene rings is 2. The van der Waals surface area contributed by atoms with Crippen LogP contribution in [0.2, 0.25) is 10.0 Å². The Morgan fingerprint density at radius 1 is 1.32 bits per heavy atom. The Labute approximate surface area is 172 Å². The Morgan fingerprint density at radius 2 is 2.18 bits per heavy atom. The molecule has 0 fully saturated rings. The maximum Gasteiger partial charge on any atom is 0.417 e. The van der Waals surface area contributed by atoms with Gasteiger partial charge in [-0.05, 0) is 48.0 Å². The van der Waals surface area contributed by atoms with Gasteiger partial charge in [-0.1, -0.05) is 35.3 Å². The summed E-state index contributed by atoms with van der Waals surface area (Å²) in [7, 11) is 2.06. The molecule has 0 spiro atoms. The average molecular weight is 417 g/mol. The van der Waals surface area contributed by atoms with Gasteiger partial charge in [-0.2, -0.15) is 5.10 Å². The fourth-order valence-corrected chi connectivity index (χ4v) is 4.08. The highest BCUT2D eigenvalue weighted by molar-refractivity contribution is 6.35. The van der Waals surface area contributed by atoms with Crippen molar-refractivity contribution in [3.63, 3.8) is 0 Å². The normalized spacial score (nSPS) is 16.5. The molecule has 2 aromatic carbocycles. The average Bonchev–Trinajstić information content (AvgIpc) is 3.15. The molecule has 1 amide bonds. The summed E-state index contributed by atoms with van der Waals surface area (Å²) >= 11 is 12.7. The number of anilines is 1. The van der Waals surface area contributed by atoms with Crippen LogP contribution in [-0.2, 0) is 6.54 Å². The van der Waals surface area contributed by atoms with Gasteiger partial charge in [0, 0.05) is 34.7 Å². The Bertz CT molecular complexity index is 1010. The number of aromatic amines is 1. The molecule has 0 aliphatic carbocycles. The van der Waals surface area contributed by atoms with Gasteiger partial charge < -0.3 is 9.64 Å². The summed E-state index contributed by atoms with van der Waals surface area (Å²) in [4.78, 5) is 14.3. The van der Waals surface area contributed by atoms with Crippen molar-refractivity contribution in [2.24, 2.45) is 0 Å². The monoisotopic (exact) mass is 416 g/mol. The summed E-state index contributed by atoms with van der Waals surface area (Å²) in [5.74, 6) is 0.442. The highest BCUT2D eigenvalue weighted by atomic mass is 35.5. The minimum atomic E-state index is -0.578. The molecule has 4 rings (SSSR count). The van der Waals surface area contributed by atoms with E-state index in [1.54, 1.807) is 6.07 Å². The third-order valence-corrected chi connectivity index (χ3v) is 5.27. The van der Waals surface area contributed by atoms with Crippen LogP contribution in [0.15, 0.2) is 48.8 Å². The molecule has 3 aromatic rings. The molecule has 144 valence electrons. The molecule has 1 aliphatic heterocycles. The number of carbonyl (C=O) groups excluding carboxylic acids is 1. The van der Waals surface area contributed by atoms with Gasteiger partial charge in [-0.3, -0.25) is 10.4 Å². The van der Waals surface area contributed by atoms with Crippen LogP contribution in [0.3, 0.4) is 0 Å². The molecule has 1 aromatic heterocycles. The van der Waals surface area contributed by atoms with Gasteiger partial charge in [0.25, 0.3) is 0 Å². The van der Waals surface area contributed by atoms with Gasteiger partial charge in [-0.15, -0.1) is 0 Å². The number of H-pyrrole nitrogens is 1. The predicted molar refractivity (Wildman–Crippen MR) is 109 cm³/mol. The zero-order valence-electron chi connectivity index (χ0n) is 15.1. The smallest absolute Gasteiger partial charge is 0.407 e. The van der Waals surface area contributed by atoms with Gasteiger partial charge in [0.15, 0.2) is 5.75 Å². The number of fused-ring (bicyclic) bond motifs is 1. The van der Waals surface area contributed by atoms with Crippen molar-refractivity contribution in [3.8, 4) is 5.75 Å². The lowest BCUT2D eigenvalue weighted by atomic mass is 9.84. The first-order valence-corrected chi connectivity index (χ1v) is 9.49. The summed E-state index contributed by atoms with van der Waals surface area (Å²) in [6.45, 7) is 1.60. The van der Waals surface area contributed by atoms with Crippen LogP contribution in [0.4, 0.5) is 10.5 Å². The first-order valence-electron chi connectivity index (χ1n) is 8.73. The van der Waals surface area contributed by atoms with Crippen LogP contribution in [0, 0.1) is 0 Å². The Hall–Kier alpha value is -2.54. The van der Waals surface area contributed by atoms with Gasteiger partial charge in [-0.25, -0.2) is 4.79 Å². The van der Waals surface area contributed by atoms with Gasteiger partial charge in [0.2, 0.25) is 0 Å². The number of likely N-dealkylation sites (N-methyl/N-ethyl adjacent to an activating group) is 1. The Balaban J connectivity index is 1.60. The van der Waals surface area contributed by atoms with E-state index in [9.17, 15) is 4.79 Å². The summed E-state index contributed by atoms with van der Waals surface area (Å²) in [6, 6.07) is 11.5. The van der Waals surface area contributed by atoms with E-state index in [0.29, 0.717) is 21.5 Å². The summed E-state index contributed by atoms with van der Waals surface area (Å²) in [5.41, 5.74) is 3.91. The topological polar surface area (TPSA) is 70.2 Å². The van der Waals surface area contributed by atoms with E-state index in [2.05, 4.69) is 27.5 Å². The molecule has 0 saturated heterocycles. The zero-order valence-corrected chi connectivity index (χ0v) is 16.6. The number of hydrogen-bond acceptors (Lipinski definition) is 4. The van der Waals surface area contributed by atoms with E-state index in [1.807, 2.05) is 30.3 Å². The first kappa shape index (κ1) is 18.8. The summed E-state index contributed by atoms with van der Waals surface area (Å²) in [6.07, 6.45) is 2.35. The van der Waals surface area contributed by atoms with Crippen LogP contribution < -0.4 is 10.1 Å². The molecule has 2 heterocycles. The van der Waals surface area contributed by atoms with Crippen LogP contribution in [0.25, 0.3) is 0 Å². The van der Waals surface area contributed by atoms with E-state index >= 15 is 0 Å². The number of amides is 1. The summed E-state index contributed by atoms with van der Waals surface area (Å²) in [5, 5.41) is 10.4. The second-order valence-electron chi connectivity index (χ2n) is 6.78. The maximum absolute atomic E-state index is 12.1. The first-order chi connectivity index (χ1) is 13.5. The molecule has 0 saturated carbocycles. The number of carbonyl (C=O) groups is 1. The molecular formula is C20H18Cl2N4O2. The minimum absolute atomic E-state index is 0.0941. The van der Waals surface area contributed by atoms with Crippen LogP contribution in [0.1, 0.15) is 22.6 Å². The van der Waals surface area contributed by atoms with Crippen molar-refractivity contribution in [2.45, 2.75) is 12.5 Å². The molecule has 28 heavy (non-hydrogen) atoms. The van der Waals surface area contributed by atoms with Crippen LogP contribution in [-0.4, -0.2) is 34.8 Å². The van der Waals surface area contributed by atoms with Crippen molar-refractivity contribution in [3.05, 3.63) is 75.5 Å². The molecule has 6 nitrogen and oxygen atoms in total. The van der Waals surface area contributed by atoms with Gasteiger partial charge >= 0.3 is 6.09 Å². The van der Waals surface area contributed by atoms with Crippen molar-refractivity contribution >= 4 is 35.0 Å². The minimum Gasteiger partial charge on any atom is -0.407 e. The second kappa shape index (κ2) is 7.83. The maximum atomic E-state index is 12.1. The van der Waals surface area contributed by atoms with Crippen LogP contribution >= 0.6 is 23.2 Å². The second-order valence-corrected chi connectivity index (χ2v) is 7.62. The van der Waals surface area contributed by atoms with Crippen molar-refractivity contribution < 1.29 is 9.53 Å². The molecule has 0 bridgehead atoms. The molecule has 1 atom stereocenters. The van der Waals surface area contributed by atoms with Crippen molar-refractivity contribution in [1.82, 2.24) is 15.1 Å². The molecular weight excluding hydrogens is 399 g/mol. The lowest BCUT2D eigenvalue weighted by molar-refractivity contribution is 0.215. The van der Waals surface area contributed by atoms with E-state index in [0.717, 1.165) is 29.8 Å². The van der Waals surface area contributed by atoms with Gasteiger partial charge in [0.1, 0.15) is 0 Å². The van der Waals surface area contributed by atoms with E-state index in [1.165, 1.54) is 12.4 Å². The molecule has 8 heteroatoms. The third-order valence-electron chi connectivity index (χ3n) is 4.71. The Kier molecular flexibility index (Phi) is 5.26. The van der Waals surface area contributed by atoms with Crippen molar-refractivity contribution in [1.29, 1.82) is 0 Å². The number of rotatable bonds is 3. The predicted octanol–water partition coefficient (Wildman–Crippen LogP) is 4.90. The largest absolute Gasteiger partial charge is 0.417 e.